The number of hydrogen-bond donors (Lipinski definition) is 2. The van der Waals surface area contributed by atoms with E-state index in [1.807, 2.05) is 25.1 Å². The van der Waals surface area contributed by atoms with Crippen molar-refractivity contribution in [3.8, 4) is 0 Å². The number of benzene rings is 1. The summed E-state index contributed by atoms with van der Waals surface area (Å²) in [5.74, 6) is 0.595. The first kappa shape index (κ1) is 14.8. The van der Waals surface area contributed by atoms with Gasteiger partial charge < -0.3 is 10.6 Å². The molecule has 0 atom stereocenters. The van der Waals surface area contributed by atoms with Crippen molar-refractivity contribution in [2.45, 2.75) is 27.2 Å². The lowest BCUT2D eigenvalue weighted by atomic mass is 10.1. The highest BCUT2D eigenvalue weighted by Gasteiger charge is 2.04. The van der Waals surface area contributed by atoms with E-state index in [9.17, 15) is 4.79 Å². The lowest BCUT2D eigenvalue weighted by molar-refractivity contribution is -0.119. The van der Waals surface area contributed by atoms with Crippen molar-refractivity contribution in [3.05, 3.63) is 28.8 Å². The molecule has 4 heteroatoms. The number of carbonyl (C=O) groups is 1. The summed E-state index contributed by atoms with van der Waals surface area (Å²) in [6.45, 7) is 7.22. The maximum atomic E-state index is 11.6. The van der Waals surface area contributed by atoms with Gasteiger partial charge in [0.25, 0.3) is 0 Å². The van der Waals surface area contributed by atoms with Crippen LogP contribution in [0.2, 0.25) is 5.02 Å². The molecule has 1 amide bonds. The number of aryl methyl sites for hydroxylation is 1. The summed E-state index contributed by atoms with van der Waals surface area (Å²) in [6, 6.07) is 5.73. The number of hydrogen-bond acceptors (Lipinski definition) is 2. The second-order valence-electron chi connectivity index (χ2n) is 4.87. The summed E-state index contributed by atoms with van der Waals surface area (Å²) in [7, 11) is 0. The topological polar surface area (TPSA) is 41.1 Å². The maximum absolute atomic E-state index is 11.6. The lowest BCUT2D eigenvalue weighted by Crippen LogP contribution is -2.31. The van der Waals surface area contributed by atoms with E-state index in [1.165, 1.54) is 0 Å². The van der Waals surface area contributed by atoms with Gasteiger partial charge in [0, 0.05) is 6.54 Å². The van der Waals surface area contributed by atoms with E-state index in [4.69, 9.17) is 11.6 Å². The van der Waals surface area contributed by atoms with Gasteiger partial charge in [0.15, 0.2) is 0 Å². The number of carbonyl (C=O) groups excluding carboxylic acids is 1. The zero-order chi connectivity index (χ0) is 13.5. The first-order valence-corrected chi connectivity index (χ1v) is 6.63. The molecule has 18 heavy (non-hydrogen) atoms. The zero-order valence-electron chi connectivity index (χ0n) is 11.2. The molecule has 0 bridgehead atoms. The lowest BCUT2D eigenvalue weighted by Gasteiger charge is -2.10. The van der Waals surface area contributed by atoms with Crippen LogP contribution in [0.15, 0.2) is 18.2 Å². The van der Waals surface area contributed by atoms with E-state index in [0.29, 0.717) is 10.9 Å². The average molecular weight is 269 g/mol. The first-order chi connectivity index (χ1) is 8.49. The molecule has 0 radical (unpaired) electrons. The number of amides is 1. The summed E-state index contributed by atoms with van der Waals surface area (Å²) in [5, 5.41) is 6.55. The van der Waals surface area contributed by atoms with Crippen molar-refractivity contribution in [2.24, 2.45) is 5.92 Å². The number of anilines is 1. The minimum atomic E-state index is -0.00714. The molecule has 0 aliphatic rings. The Morgan fingerprint density at radius 1 is 1.39 bits per heavy atom. The number of nitrogens with one attached hydrogen (secondary N) is 2. The SMILES string of the molecule is Cc1ccc(NCC(=O)NCCC(C)C)c(Cl)c1. The number of rotatable bonds is 6. The van der Waals surface area contributed by atoms with Crippen LogP contribution < -0.4 is 10.6 Å². The molecule has 1 aromatic rings. The van der Waals surface area contributed by atoms with Crippen molar-refractivity contribution in [1.82, 2.24) is 5.32 Å². The molecule has 100 valence electrons. The van der Waals surface area contributed by atoms with Gasteiger partial charge in [0.05, 0.1) is 17.3 Å². The molecule has 1 rings (SSSR count). The van der Waals surface area contributed by atoms with Crippen LogP contribution in [0.3, 0.4) is 0 Å². The third kappa shape index (κ3) is 5.41. The Kier molecular flexibility index (Phi) is 5.99. The Hall–Kier alpha value is -1.22. The largest absolute Gasteiger partial charge is 0.375 e. The van der Waals surface area contributed by atoms with E-state index in [-0.39, 0.29) is 12.5 Å². The van der Waals surface area contributed by atoms with Gasteiger partial charge in [-0.1, -0.05) is 31.5 Å². The van der Waals surface area contributed by atoms with Crippen molar-refractivity contribution >= 4 is 23.2 Å². The summed E-state index contributed by atoms with van der Waals surface area (Å²) in [6.07, 6.45) is 0.997. The predicted octanol–water partition coefficient (Wildman–Crippen LogP) is 3.22. The minimum Gasteiger partial charge on any atom is -0.375 e. The highest BCUT2D eigenvalue weighted by molar-refractivity contribution is 6.33. The Balaban J connectivity index is 2.33. The molecule has 3 nitrogen and oxygen atoms in total. The fourth-order valence-corrected chi connectivity index (χ4v) is 1.80. The van der Waals surface area contributed by atoms with Crippen LogP contribution in [0.4, 0.5) is 5.69 Å². The van der Waals surface area contributed by atoms with Crippen molar-refractivity contribution in [1.29, 1.82) is 0 Å². The van der Waals surface area contributed by atoms with Gasteiger partial charge in [0.1, 0.15) is 0 Å². The van der Waals surface area contributed by atoms with Crippen LogP contribution in [0.1, 0.15) is 25.8 Å². The van der Waals surface area contributed by atoms with E-state index < -0.39 is 0 Å². The fourth-order valence-electron chi connectivity index (χ4n) is 1.50. The fraction of sp³-hybridized carbons (Fsp3) is 0.500. The van der Waals surface area contributed by atoms with Crippen molar-refractivity contribution in [2.75, 3.05) is 18.4 Å². The first-order valence-electron chi connectivity index (χ1n) is 6.25. The highest BCUT2D eigenvalue weighted by Crippen LogP contribution is 2.22. The van der Waals surface area contributed by atoms with E-state index in [1.54, 1.807) is 0 Å². The third-order valence-electron chi connectivity index (χ3n) is 2.61. The van der Waals surface area contributed by atoms with Crippen LogP contribution >= 0.6 is 11.6 Å². The molecule has 0 saturated heterocycles. The molecule has 2 N–H and O–H groups in total. The second-order valence-corrected chi connectivity index (χ2v) is 5.28. The minimum absolute atomic E-state index is 0.00714. The smallest absolute Gasteiger partial charge is 0.239 e. The van der Waals surface area contributed by atoms with Crippen molar-refractivity contribution < 1.29 is 4.79 Å². The Morgan fingerprint density at radius 3 is 2.72 bits per heavy atom. The van der Waals surface area contributed by atoms with Gasteiger partial charge in [-0.2, -0.15) is 0 Å². The van der Waals surface area contributed by atoms with Gasteiger partial charge in [0.2, 0.25) is 5.91 Å². The van der Waals surface area contributed by atoms with Crippen LogP contribution in [0.25, 0.3) is 0 Å². The Bertz CT molecular complexity index is 405. The quantitative estimate of drug-likeness (QED) is 0.832. The van der Waals surface area contributed by atoms with E-state index >= 15 is 0 Å². The zero-order valence-corrected chi connectivity index (χ0v) is 12.0. The highest BCUT2D eigenvalue weighted by atomic mass is 35.5. The van der Waals surface area contributed by atoms with Crippen molar-refractivity contribution in [3.63, 3.8) is 0 Å². The van der Waals surface area contributed by atoms with Gasteiger partial charge in [-0.15, -0.1) is 0 Å². The molecule has 0 saturated carbocycles. The molecule has 0 aliphatic heterocycles. The van der Waals surface area contributed by atoms with Gasteiger partial charge in [-0.05, 0) is 37.0 Å². The molecule has 0 unspecified atom stereocenters. The Morgan fingerprint density at radius 2 is 2.11 bits per heavy atom. The van der Waals surface area contributed by atoms with Crippen LogP contribution in [0.5, 0.6) is 0 Å². The molecule has 0 aromatic heterocycles. The summed E-state index contributed by atoms with van der Waals surface area (Å²) < 4.78 is 0. The van der Waals surface area contributed by atoms with E-state index in [2.05, 4.69) is 24.5 Å². The van der Waals surface area contributed by atoms with Crippen LogP contribution in [-0.2, 0) is 4.79 Å². The maximum Gasteiger partial charge on any atom is 0.239 e. The molecule has 0 fully saturated rings. The monoisotopic (exact) mass is 268 g/mol. The molecular formula is C14H21ClN2O. The van der Waals surface area contributed by atoms with Crippen LogP contribution in [0, 0.1) is 12.8 Å². The molecule has 0 heterocycles. The third-order valence-corrected chi connectivity index (χ3v) is 2.92. The molecule has 0 spiro atoms. The normalized spacial score (nSPS) is 10.5. The molecule has 1 aromatic carbocycles. The molecule has 0 aliphatic carbocycles. The summed E-state index contributed by atoms with van der Waals surface area (Å²) in [5.41, 5.74) is 1.90. The van der Waals surface area contributed by atoms with Gasteiger partial charge in [-0.25, -0.2) is 0 Å². The second kappa shape index (κ2) is 7.27. The Labute approximate surface area is 114 Å². The molecular weight excluding hydrogens is 248 g/mol. The average Bonchev–Trinajstić information content (AvgIpc) is 2.27. The standard InChI is InChI=1S/C14H21ClN2O/c1-10(2)6-7-16-14(18)9-17-13-5-4-11(3)8-12(13)15/h4-5,8,10,17H,6-7,9H2,1-3H3,(H,16,18). The summed E-state index contributed by atoms with van der Waals surface area (Å²) in [4.78, 5) is 11.6. The van der Waals surface area contributed by atoms with E-state index in [0.717, 1.165) is 24.2 Å². The van der Waals surface area contributed by atoms with Gasteiger partial charge in [-0.3, -0.25) is 4.79 Å². The predicted molar refractivity (Wildman–Crippen MR) is 77.1 cm³/mol. The summed E-state index contributed by atoms with van der Waals surface area (Å²) >= 11 is 6.06. The van der Waals surface area contributed by atoms with Gasteiger partial charge >= 0.3 is 0 Å². The van der Waals surface area contributed by atoms with Crippen LogP contribution in [-0.4, -0.2) is 19.0 Å². The number of halogens is 1.